The number of anilines is 3. The minimum atomic E-state index is 0.566. The van der Waals surface area contributed by atoms with Crippen LogP contribution in [0.25, 0.3) is 10.9 Å². The van der Waals surface area contributed by atoms with Crippen LogP contribution in [-0.2, 0) is 6.42 Å². The van der Waals surface area contributed by atoms with Crippen molar-refractivity contribution in [2.45, 2.75) is 6.42 Å². The van der Waals surface area contributed by atoms with E-state index >= 15 is 0 Å². The van der Waals surface area contributed by atoms with E-state index in [4.69, 9.17) is 9.47 Å². The molecule has 0 aliphatic heterocycles. The Morgan fingerprint density at radius 3 is 2.79 bits per heavy atom. The number of ether oxygens (including phenoxy) is 2. The van der Waals surface area contributed by atoms with Crippen molar-refractivity contribution in [1.29, 1.82) is 0 Å². The molecule has 29 heavy (non-hydrogen) atoms. The lowest BCUT2D eigenvalue weighted by Crippen LogP contribution is -2.08. The summed E-state index contributed by atoms with van der Waals surface area (Å²) in [4.78, 5) is 12.2. The van der Waals surface area contributed by atoms with E-state index in [0.29, 0.717) is 17.5 Å². The Kier molecular flexibility index (Phi) is 5.47. The summed E-state index contributed by atoms with van der Waals surface area (Å²) in [5, 5.41) is 7.80. The molecule has 2 aromatic heterocycles. The molecule has 0 radical (unpaired) electrons. The first-order valence-corrected chi connectivity index (χ1v) is 9.38. The summed E-state index contributed by atoms with van der Waals surface area (Å²) >= 11 is 0. The summed E-state index contributed by atoms with van der Waals surface area (Å²) in [6.45, 7) is 0.730. The van der Waals surface area contributed by atoms with Crippen molar-refractivity contribution in [3.05, 3.63) is 66.5 Å². The van der Waals surface area contributed by atoms with Crippen molar-refractivity contribution in [2.75, 3.05) is 31.4 Å². The smallest absolute Gasteiger partial charge is 0.224 e. The molecule has 4 rings (SSSR count). The zero-order valence-electron chi connectivity index (χ0n) is 16.4. The zero-order valence-corrected chi connectivity index (χ0v) is 16.4. The summed E-state index contributed by atoms with van der Waals surface area (Å²) in [6, 6.07) is 15.7. The molecule has 2 heterocycles. The lowest BCUT2D eigenvalue weighted by atomic mass is 10.1. The number of rotatable bonds is 8. The Bertz CT molecular complexity index is 1110. The predicted octanol–water partition coefficient (Wildman–Crippen LogP) is 4.37. The number of para-hydroxylation sites is 1. The van der Waals surface area contributed by atoms with Crippen LogP contribution in [0.2, 0.25) is 0 Å². The molecule has 7 heteroatoms. The van der Waals surface area contributed by atoms with Crippen molar-refractivity contribution in [1.82, 2.24) is 15.0 Å². The Balaban J connectivity index is 1.42. The number of nitrogens with one attached hydrogen (secondary N) is 3. The quantitative estimate of drug-likeness (QED) is 0.415. The monoisotopic (exact) mass is 389 g/mol. The molecule has 2 aromatic carbocycles. The molecule has 0 fully saturated rings. The first-order chi connectivity index (χ1) is 14.3. The van der Waals surface area contributed by atoms with Gasteiger partial charge >= 0.3 is 0 Å². The third kappa shape index (κ3) is 4.24. The highest BCUT2D eigenvalue weighted by Gasteiger charge is 2.08. The van der Waals surface area contributed by atoms with Crippen molar-refractivity contribution in [3.63, 3.8) is 0 Å². The average Bonchev–Trinajstić information content (AvgIpc) is 3.17. The number of aromatic nitrogens is 3. The van der Waals surface area contributed by atoms with Crippen molar-refractivity contribution < 1.29 is 9.47 Å². The van der Waals surface area contributed by atoms with Gasteiger partial charge in [-0.3, -0.25) is 0 Å². The third-order valence-corrected chi connectivity index (χ3v) is 4.68. The van der Waals surface area contributed by atoms with Crippen LogP contribution < -0.4 is 20.1 Å². The van der Waals surface area contributed by atoms with Gasteiger partial charge < -0.3 is 25.1 Å². The molecule has 4 aromatic rings. The van der Waals surface area contributed by atoms with Crippen molar-refractivity contribution in [3.8, 4) is 11.5 Å². The Morgan fingerprint density at radius 2 is 1.93 bits per heavy atom. The molecule has 0 saturated heterocycles. The summed E-state index contributed by atoms with van der Waals surface area (Å²) in [5.74, 6) is 2.68. The number of methoxy groups -OCH3 is 2. The summed E-state index contributed by atoms with van der Waals surface area (Å²) in [7, 11) is 3.26. The highest BCUT2D eigenvalue weighted by atomic mass is 16.5. The minimum Gasteiger partial charge on any atom is -0.497 e. The highest BCUT2D eigenvalue weighted by Crippen LogP contribution is 2.31. The highest BCUT2D eigenvalue weighted by molar-refractivity contribution is 5.83. The van der Waals surface area contributed by atoms with E-state index in [9.17, 15) is 0 Å². The van der Waals surface area contributed by atoms with Gasteiger partial charge in [-0.1, -0.05) is 18.2 Å². The first kappa shape index (κ1) is 18.6. The molecular weight excluding hydrogens is 366 g/mol. The minimum absolute atomic E-state index is 0.566. The van der Waals surface area contributed by atoms with Crippen molar-refractivity contribution >= 4 is 28.4 Å². The number of hydrogen-bond acceptors (Lipinski definition) is 6. The van der Waals surface area contributed by atoms with Crippen LogP contribution in [0.15, 0.2) is 60.9 Å². The maximum Gasteiger partial charge on any atom is 0.224 e. The SMILES string of the molecule is COc1ccc(OC)c(Nc2ccnc(NCCc3c[nH]c4ccccc34)n2)c1. The second-order valence-corrected chi connectivity index (χ2v) is 6.49. The normalized spacial score (nSPS) is 10.7. The van der Waals surface area contributed by atoms with Crippen LogP contribution in [-0.4, -0.2) is 35.7 Å². The second kappa shape index (κ2) is 8.52. The van der Waals surface area contributed by atoms with Gasteiger partial charge in [0.05, 0.1) is 19.9 Å². The molecule has 0 aliphatic rings. The van der Waals surface area contributed by atoms with Crippen LogP contribution in [0.5, 0.6) is 11.5 Å². The van der Waals surface area contributed by atoms with Crippen molar-refractivity contribution in [2.24, 2.45) is 0 Å². The van der Waals surface area contributed by atoms with Gasteiger partial charge in [0.2, 0.25) is 5.95 Å². The van der Waals surface area contributed by atoms with E-state index in [1.807, 2.05) is 30.3 Å². The molecule has 0 aliphatic carbocycles. The fourth-order valence-electron chi connectivity index (χ4n) is 3.21. The molecule has 0 amide bonds. The summed E-state index contributed by atoms with van der Waals surface area (Å²) in [5.41, 5.74) is 3.19. The fraction of sp³-hybridized carbons (Fsp3) is 0.182. The van der Waals surface area contributed by atoms with Crippen LogP contribution in [0.3, 0.4) is 0 Å². The van der Waals surface area contributed by atoms with E-state index < -0.39 is 0 Å². The maximum absolute atomic E-state index is 5.41. The molecule has 0 spiro atoms. The van der Waals surface area contributed by atoms with Gasteiger partial charge in [0, 0.05) is 35.9 Å². The maximum atomic E-state index is 5.41. The number of H-pyrrole nitrogens is 1. The predicted molar refractivity (Wildman–Crippen MR) is 115 cm³/mol. The number of fused-ring (bicyclic) bond motifs is 1. The van der Waals surface area contributed by atoms with E-state index in [2.05, 4.69) is 50.0 Å². The number of benzene rings is 2. The second-order valence-electron chi connectivity index (χ2n) is 6.49. The first-order valence-electron chi connectivity index (χ1n) is 9.38. The average molecular weight is 389 g/mol. The molecule has 148 valence electrons. The third-order valence-electron chi connectivity index (χ3n) is 4.68. The number of aromatic amines is 1. The zero-order chi connectivity index (χ0) is 20.1. The lowest BCUT2D eigenvalue weighted by molar-refractivity contribution is 0.405. The number of hydrogen-bond donors (Lipinski definition) is 3. The summed E-state index contributed by atoms with van der Waals surface area (Å²) in [6.07, 6.45) is 4.64. The van der Waals surface area contributed by atoms with Crippen LogP contribution >= 0.6 is 0 Å². The molecule has 0 atom stereocenters. The molecular formula is C22H23N5O2. The standard InChI is InChI=1S/C22H23N5O2/c1-28-16-7-8-20(29-2)19(13-16)26-21-10-12-24-22(27-21)23-11-9-15-14-25-18-6-4-3-5-17(15)18/h3-8,10,12-14,25H,9,11H2,1-2H3,(H2,23,24,26,27). The molecule has 0 unspecified atom stereocenters. The summed E-state index contributed by atoms with van der Waals surface area (Å²) < 4.78 is 10.7. The Hall–Kier alpha value is -3.74. The van der Waals surface area contributed by atoms with Gasteiger partial charge in [0.25, 0.3) is 0 Å². The van der Waals surface area contributed by atoms with Gasteiger partial charge in [0.1, 0.15) is 17.3 Å². The molecule has 0 bridgehead atoms. The fourth-order valence-corrected chi connectivity index (χ4v) is 3.21. The van der Waals surface area contributed by atoms with E-state index in [1.54, 1.807) is 20.4 Å². The van der Waals surface area contributed by atoms with E-state index in [0.717, 1.165) is 29.9 Å². The van der Waals surface area contributed by atoms with Gasteiger partial charge in [-0.05, 0) is 36.2 Å². The van der Waals surface area contributed by atoms with E-state index in [1.165, 1.54) is 10.9 Å². The molecule has 7 nitrogen and oxygen atoms in total. The van der Waals surface area contributed by atoms with Crippen LogP contribution in [0.4, 0.5) is 17.5 Å². The molecule has 0 saturated carbocycles. The molecule has 3 N–H and O–H groups in total. The van der Waals surface area contributed by atoms with Crippen LogP contribution in [0.1, 0.15) is 5.56 Å². The van der Waals surface area contributed by atoms with Gasteiger partial charge in [-0.25, -0.2) is 4.98 Å². The lowest BCUT2D eigenvalue weighted by Gasteiger charge is -2.13. The van der Waals surface area contributed by atoms with Gasteiger partial charge in [0.15, 0.2) is 0 Å². The Morgan fingerprint density at radius 1 is 1.03 bits per heavy atom. The van der Waals surface area contributed by atoms with E-state index in [-0.39, 0.29) is 0 Å². The number of nitrogens with zero attached hydrogens (tertiary/aromatic N) is 2. The largest absolute Gasteiger partial charge is 0.497 e. The van der Waals surface area contributed by atoms with Gasteiger partial charge in [-0.15, -0.1) is 0 Å². The Labute approximate surface area is 169 Å². The van der Waals surface area contributed by atoms with Gasteiger partial charge in [-0.2, -0.15) is 4.98 Å². The van der Waals surface area contributed by atoms with Crippen LogP contribution in [0, 0.1) is 0 Å². The topological polar surface area (TPSA) is 84.1 Å².